The molecule has 0 aliphatic heterocycles. The van der Waals surface area contributed by atoms with Crippen molar-refractivity contribution in [2.75, 3.05) is 13.2 Å². The van der Waals surface area contributed by atoms with E-state index in [0.29, 0.717) is 13.0 Å². The normalized spacial score (nSPS) is 10.8. The first-order valence-corrected chi connectivity index (χ1v) is 6.46. The quantitative estimate of drug-likeness (QED) is 0.616. The van der Waals surface area contributed by atoms with Crippen molar-refractivity contribution in [3.63, 3.8) is 0 Å². The predicted molar refractivity (Wildman–Crippen MR) is 77.3 cm³/mol. The molecule has 5 heteroatoms. The Bertz CT molecular complexity index is 576. The van der Waals surface area contributed by atoms with Gasteiger partial charge < -0.3 is 10.4 Å². The van der Waals surface area contributed by atoms with Crippen LogP contribution in [0.1, 0.15) is 12.0 Å². The third-order valence-electron chi connectivity index (χ3n) is 2.68. The predicted octanol–water partition coefficient (Wildman–Crippen LogP) is 1.38. The van der Waals surface area contributed by atoms with Gasteiger partial charge in [-0.3, -0.25) is 4.79 Å². The number of rotatable bonds is 6. The highest BCUT2D eigenvalue weighted by atomic mass is 16.3. The lowest BCUT2D eigenvalue weighted by Crippen LogP contribution is -2.22. The van der Waals surface area contributed by atoms with Crippen LogP contribution in [0.25, 0.3) is 11.8 Å². The Hall–Kier alpha value is -2.40. The molecule has 1 heterocycles. The first kappa shape index (κ1) is 14.0. The minimum atomic E-state index is -0.175. The van der Waals surface area contributed by atoms with Crippen LogP contribution >= 0.6 is 0 Å². The lowest BCUT2D eigenvalue weighted by molar-refractivity contribution is -0.116. The number of nitrogens with zero attached hydrogens (tertiary/aromatic N) is 2. The molecule has 0 aliphatic carbocycles. The molecular weight excluding hydrogens is 254 g/mol. The van der Waals surface area contributed by atoms with Crippen LogP contribution in [-0.2, 0) is 4.79 Å². The van der Waals surface area contributed by atoms with E-state index >= 15 is 0 Å². The Kier molecular flexibility index (Phi) is 5.08. The summed E-state index contributed by atoms with van der Waals surface area (Å²) in [5, 5.41) is 15.5. The summed E-state index contributed by atoms with van der Waals surface area (Å²) in [6.07, 6.45) is 7.29. The van der Waals surface area contributed by atoms with Crippen LogP contribution in [-0.4, -0.2) is 33.9 Å². The molecule has 2 N–H and O–H groups in total. The lowest BCUT2D eigenvalue weighted by atomic mass is 10.3. The SMILES string of the molecule is O=C(/C=C/c1cnn(-c2ccccc2)c1)NCCCO. The van der Waals surface area contributed by atoms with Gasteiger partial charge in [0.1, 0.15) is 0 Å². The molecule has 0 saturated heterocycles. The topological polar surface area (TPSA) is 67.2 Å². The molecule has 0 spiro atoms. The monoisotopic (exact) mass is 271 g/mol. The zero-order valence-electron chi connectivity index (χ0n) is 11.1. The van der Waals surface area contributed by atoms with Gasteiger partial charge in [-0.2, -0.15) is 5.10 Å². The maximum absolute atomic E-state index is 11.5. The minimum Gasteiger partial charge on any atom is -0.396 e. The van der Waals surface area contributed by atoms with Crippen molar-refractivity contribution in [1.82, 2.24) is 15.1 Å². The summed E-state index contributed by atoms with van der Waals surface area (Å²) in [5.41, 5.74) is 1.82. The Balaban J connectivity index is 1.94. The van der Waals surface area contributed by atoms with Crippen molar-refractivity contribution in [3.05, 3.63) is 54.4 Å². The van der Waals surface area contributed by atoms with E-state index in [4.69, 9.17) is 5.11 Å². The van der Waals surface area contributed by atoms with E-state index in [1.807, 2.05) is 36.5 Å². The van der Waals surface area contributed by atoms with E-state index in [1.54, 1.807) is 17.0 Å². The number of carbonyl (C=O) groups is 1. The van der Waals surface area contributed by atoms with Crippen LogP contribution in [0.5, 0.6) is 0 Å². The molecular formula is C15H17N3O2. The molecule has 1 amide bonds. The summed E-state index contributed by atoms with van der Waals surface area (Å²) >= 11 is 0. The number of benzene rings is 1. The second-order valence-electron chi connectivity index (χ2n) is 4.26. The van der Waals surface area contributed by atoms with E-state index in [0.717, 1.165) is 11.3 Å². The Morgan fingerprint density at radius 1 is 1.35 bits per heavy atom. The molecule has 0 atom stereocenters. The average molecular weight is 271 g/mol. The molecule has 0 aliphatic rings. The molecule has 5 nitrogen and oxygen atoms in total. The lowest BCUT2D eigenvalue weighted by Gasteiger charge is -1.99. The maximum Gasteiger partial charge on any atom is 0.244 e. The van der Waals surface area contributed by atoms with Gasteiger partial charge in [0.15, 0.2) is 0 Å². The van der Waals surface area contributed by atoms with Crippen molar-refractivity contribution in [2.45, 2.75) is 6.42 Å². The van der Waals surface area contributed by atoms with Gasteiger partial charge in [-0.1, -0.05) is 18.2 Å². The molecule has 0 radical (unpaired) electrons. The van der Waals surface area contributed by atoms with Crippen LogP contribution in [0.3, 0.4) is 0 Å². The fourth-order valence-corrected chi connectivity index (χ4v) is 1.67. The van der Waals surface area contributed by atoms with Crippen LogP contribution in [0.15, 0.2) is 48.8 Å². The summed E-state index contributed by atoms with van der Waals surface area (Å²) in [5.74, 6) is -0.175. The van der Waals surface area contributed by atoms with E-state index in [9.17, 15) is 4.79 Å². The largest absolute Gasteiger partial charge is 0.396 e. The molecule has 0 saturated carbocycles. The Morgan fingerprint density at radius 2 is 2.15 bits per heavy atom. The maximum atomic E-state index is 11.5. The van der Waals surface area contributed by atoms with Crippen molar-refractivity contribution in [2.24, 2.45) is 0 Å². The van der Waals surface area contributed by atoms with Crippen LogP contribution in [0.4, 0.5) is 0 Å². The molecule has 0 bridgehead atoms. The molecule has 2 rings (SSSR count). The zero-order chi connectivity index (χ0) is 14.2. The molecule has 20 heavy (non-hydrogen) atoms. The van der Waals surface area contributed by atoms with Gasteiger partial charge in [0.05, 0.1) is 11.9 Å². The molecule has 1 aromatic heterocycles. The fourth-order valence-electron chi connectivity index (χ4n) is 1.67. The number of carbonyl (C=O) groups excluding carboxylic acids is 1. The van der Waals surface area contributed by atoms with Crippen molar-refractivity contribution in [1.29, 1.82) is 0 Å². The second-order valence-corrected chi connectivity index (χ2v) is 4.26. The van der Waals surface area contributed by atoms with Gasteiger partial charge in [0.25, 0.3) is 0 Å². The number of hydrogen-bond acceptors (Lipinski definition) is 3. The standard InChI is InChI=1S/C15H17N3O2/c19-10-4-9-16-15(20)8-7-13-11-17-18(12-13)14-5-2-1-3-6-14/h1-3,5-8,11-12,19H,4,9-10H2,(H,16,20)/b8-7+. The average Bonchev–Trinajstić information content (AvgIpc) is 2.95. The first-order chi connectivity index (χ1) is 9.79. The van der Waals surface area contributed by atoms with Crippen molar-refractivity contribution < 1.29 is 9.90 Å². The van der Waals surface area contributed by atoms with Gasteiger partial charge in [-0.15, -0.1) is 0 Å². The van der Waals surface area contributed by atoms with Crippen LogP contribution < -0.4 is 5.32 Å². The van der Waals surface area contributed by atoms with Crippen LogP contribution in [0, 0.1) is 0 Å². The Morgan fingerprint density at radius 3 is 2.90 bits per heavy atom. The van der Waals surface area contributed by atoms with E-state index in [1.165, 1.54) is 6.08 Å². The highest BCUT2D eigenvalue weighted by Gasteiger charge is 1.99. The number of nitrogens with one attached hydrogen (secondary N) is 1. The van der Waals surface area contributed by atoms with Crippen molar-refractivity contribution in [3.8, 4) is 5.69 Å². The summed E-state index contributed by atoms with van der Waals surface area (Å²) in [7, 11) is 0. The van der Waals surface area contributed by atoms with E-state index in [2.05, 4.69) is 10.4 Å². The summed E-state index contributed by atoms with van der Waals surface area (Å²) in [6, 6.07) is 9.76. The summed E-state index contributed by atoms with van der Waals surface area (Å²) in [6.45, 7) is 0.552. The number of para-hydroxylation sites is 1. The highest BCUT2D eigenvalue weighted by molar-refractivity contribution is 5.91. The second kappa shape index (κ2) is 7.25. The summed E-state index contributed by atoms with van der Waals surface area (Å²) in [4.78, 5) is 11.5. The third kappa shape index (κ3) is 4.07. The van der Waals surface area contributed by atoms with Gasteiger partial charge >= 0.3 is 0 Å². The fraction of sp³-hybridized carbons (Fsp3) is 0.200. The minimum absolute atomic E-state index is 0.0772. The molecule has 2 aromatic rings. The molecule has 104 valence electrons. The molecule has 0 unspecified atom stereocenters. The first-order valence-electron chi connectivity index (χ1n) is 6.46. The number of amides is 1. The number of aliphatic hydroxyl groups excluding tert-OH is 1. The van der Waals surface area contributed by atoms with Gasteiger partial charge in [0.2, 0.25) is 5.91 Å². The number of aliphatic hydroxyl groups is 1. The van der Waals surface area contributed by atoms with E-state index < -0.39 is 0 Å². The highest BCUT2D eigenvalue weighted by Crippen LogP contribution is 2.08. The van der Waals surface area contributed by atoms with Gasteiger partial charge in [0, 0.05) is 31.0 Å². The molecule has 1 aromatic carbocycles. The smallest absolute Gasteiger partial charge is 0.244 e. The number of aromatic nitrogens is 2. The zero-order valence-corrected chi connectivity index (χ0v) is 11.1. The van der Waals surface area contributed by atoms with Crippen LogP contribution in [0.2, 0.25) is 0 Å². The van der Waals surface area contributed by atoms with Crippen molar-refractivity contribution >= 4 is 12.0 Å². The number of hydrogen-bond donors (Lipinski definition) is 2. The molecule has 0 fully saturated rings. The Labute approximate surface area is 117 Å². The van der Waals surface area contributed by atoms with Gasteiger partial charge in [-0.05, 0) is 24.6 Å². The summed E-state index contributed by atoms with van der Waals surface area (Å²) < 4.78 is 1.75. The van der Waals surface area contributed by atoms with Gasteiger partial charge in [-0.25, -0.2) is 4.68 Å². The third-order valence-corrected chi connectivity index (χ3v) is 2.68. The van der Waals surface area contributed by atoms with E-state index in [-0.39, 0.29) is 12.5 Å².